The van der Waals surface area contributed by atoms with E-state index in [-0.39, 0.29) is 21.0 Å². The van der Waals surface area contributed by atoms with Crippen molar-refractivity contribution in [3.05, 3.63) is 76.2 Å². The molecule has 0 bridgehead atoms. The van der Waals surface area contributed by atoms with E-state index in [4.69, 9.17) is 17.0 Å². The maximum absolute atomic E-state index is 13.6. The summed E-state index contributed by atoms with van der Waals surface area (Å²) < 4.78 is 19.1. The molecule has 3 rings (SSSR count). The summed E-state index contributed by atoms with van der Waals surface area (Å²) in [7, 11) is 0. The number of hydrogen-bond acceptors (Lipinski definition) is 7. The highest BCUT2D eigenvalue weighted by Crippen LogP contribution is 2.30. The van der Waals surface area contributed by atoms with E-state index in [0.717, 1.165) is 23.1 Å². The Morgan fingerprint density at radius 3 is 2.66 bits per heavy atom. The highest BCUT2D eigenvalue weighted by Gasteiger charge is 2.13. The van der Waals surface area contributed by atoms with Crippen molar-refractivity contribution in [2.24, 2.45) is 5.10 Å². The number of nitrogens with zero attached hydrogens (tertiary/aromatic N) is 3. The van der Waals surface area contributed by atoms with Crippen LogP contribution in [0.25, 0.3) is 0 Å². The number of hydrazone groups is 1. The number of thiazole rings is 1. The van der Waals surface area contributed by atoms with Gasteiger partial charge < -0.3 is 10.1 Å². The van der Waals surface area contributed by atoms with E-state index in [2.05, 4.69) is 20.8 Å². The van der Waals surface area contributed by atoms with Gasteiger partial charge in [-0.2, -0.15) is 5.10 Å². The Morgan fingerprint density at radius 1 is 1.28 bits per heavy atom. The third-order valence-corrected chi connectivity index (χ3v) is 4.60. The molecule has 3 aromatic rings. The lowest BCUT2D eigenvalue weighted by Crippen LogP contribution is -2.25. The molecule has 0 saturated heterocycles. The monoisotopic (exact) mass is 431 g/mol. The molecule has 0 aliphatic heterocycles. The van der Waals surface area contributed by atoms with Crippen molar-refractivity contribution in [1.82, 2.24) is 10.4 Å². The van der Waals surface area contributed by atoms with E-state index in [1.165, 1.54) is 6.07 Å². The minimum absolute atomic E-state index is 0.0920. The molecule has 0 aliphatic rings. The number of nitrogens with one attached hydrogen (secondary N) is 2. The van der Waals surface area contributed by atoms with Gasteiger partial charge in [0.1, 0.15) is 17.8 Å². The molecule has 0 saturated carbocycles. The summed E-state index contributed by atoms with van der Waals surface area (Å²) in [5.74, 6) is 0.0639. The summed E-state index contributed by atoms with van der Waals surface area (Å²) in [5, 5.41) is 17.8. The van der Waals surface area contributed by atoms with Gasteiger partial charge in [0.2, 0.25) is 0 Å². The number of hydrogen-bond donors (Lipinski definition) is 2. The first-order valence-electron chi connectivity index (χ1n) is 8.16. The summed E-state index contributed by atoms with van der Waals surface area (Å²) in [6.45, 7) is 1.78. The number of benzene rings is 2. The van der Waals surface area contributed by atoms with Gasteiger partial charge in [-0.15, -0.1) is 0 Å². The van der Waals surface area contributed by atoms with E-state index in [1.54, 1.807) is 49.4 Å². The lowest BCUT2D eigenvalue weighted by Gasteiger charge is -2.09. The summed E-state index contributed by atoms with van der Waals surface area (Å²) in [6.07, 6.45) is 1.15. The van der Waals surface area contributed by atoms with Gasteiger partial charge in [0.25, 0.3) is 5.19 Å². The number of thiocarbonyl (C=S) groups is 1. The zero-order valence-electron chi connectivity index (χ0n) is 15.0. The summed E-state index contributed by atoms with van der Waals surface area (Å²) in [4.78, 5) is 14.0. The van der Waals surface area contributed by atoms with Crippen LogP contribution in [0.2, 0.25) is 0 Å². The fourth-order valence-corrected chi connectivity index (χ4v) is 2.92. The zero-order valence-corrected chi connectivity index (χ0v) is 16.6. The van der Waals surface area contributed by atoms with Gasteiger partial charge in [-0.05, 0) is 72.4 Å². The zero-order chi connectivity index (χ0) is 20.8. The van der Waals surface area contributed by atoms with Gasteiger partial charge in [0, 0.05) is 0 Å². The number of ether oxygens (including phenoxy) is 1. The lowest BCUT2D eigenvalue weighted by atomic mass is 10.1. The highest BCUT2D eigenvalue weighted by atomic mass is 32.1. The van der Waals surface area contributed by atoms with Crippen LogP contribution in [0.15, 0.2) is 59.8 Å². The van der Waals surface area contributed by atoms with Crippen molar-refractivity contribution < 1.29 is 14.1 Å². The summed E-state index contributed by atoms with van der Waals surface area (Å²) >= 11 is 5.95. The van der Waals surface area contributed by atoms with Crippen LogP contribution in [-0.4, -0.2) is 20.7 Å². The Labute approximate surface area is 174 Å². The molecule has 0 unspecified atom stereocenters. The number of aromatic nitrogens is 1. The van der Waals surface area contributed by atoms with Crippen LogP contribution in [0.3, 0.4) is 0 Å². The Hall–Kier alpha value is -3.44. The molecule has 0 fully saturated rings. The second-order valence-electron chi connectivity index (χ2n) is 5.59. The van der Waals surface area contributed by atoms with Crippen molar-refractivity contribution in [3.63, 3.8) is 0 Å². The molecule has 2 N–H and O–H groups in total. The number of rotatable bonds is 6. The number of nitro groups is 1. The number of para-hydroxylation sites is 1. The molecule has 0 aliphatic carbocycles. The van der Waals surface area contributed by atoms with Gasteiger partial charge in [0.15, 0.2) is 5.11 Å². The Kier molecular flexibility index (Phi) is 6.42. The normalized spacial score (nSPS) is 11.0. The Balaban J connectivity index is 1.59. The molecule has 8 nitrogen and oxygen atoms in total. The fraction of sp³-hybridized carbons (Fsp3) is 0.0556. The van der Waals surface area contributed by atoms with Crippen LogP contribution >= 0.6 is 23.6 Å². The summed E-state index contributed by atoms with van der Waals surface area (Å²) in [5.41, 5.74) is 4.35. The molecule has 0 amide bonds. The molecule has 0 radical (unpaired) electrons. The average molecular weight is 431 g/mol. The molecule has 1 aromatic heterocycles. The van der Waals surface area contributed by atoms with Crippen LogP contribution in [0, 0.1) is 15.9 Å². The largest absolute Gasteiger partial charge is 0.431 e. The molecule has 11 heteroatoms. The van der Waals surface area contributed by atoms with Crippen LogP contribution < -0.4 is 15.5 Å². The van der Waals surface area contributed by atoms with Crippen LogP contribution in [0.4, 0.5) is 15.1 Å². The predicted octanol–water partition coefficient (Wildman–Crippen LogP) is 4.69. The van der Waals surface area contributed by atoms with E-state index in [0.29, 0.717) is 11.5 Å². The van der Waals surface area contributed by atoms with E-state index < -0.39 is 10.7 Å². The Morgan fingerprint density at radius 2 is 2.00 bits per heavy atom. The third kappa shape index (κ3) is 5.53. The minimum atomic E-state index is -0.522. The van der Waals surface area contributed by atoms with Gasteiger partial charge in [0.05, 0.1) is 16.3 Å². The molecule has 29 heavy (non-hydrogen) atoms. The fourth-order valence-electron chi connectivity index (χ4n) is 2.16. The maximum atomic E-state index is 13.6. The highest BCUT2D eigenvalue weighted by molar-refractivity contribution is 7.80. The van der Waals surface area contributed by atoms with E-state index in [9.17, 15) is 14.5 Å². The first kappa shape index (κ1) is 20.3. The predicted molar refractivity (Wildman–Crippen MR) is 113 cm³/mol. The van der Waals surface area contributed by atoms with Crippen LogP contribution in [-0.2, 0) is 0 Å². The smallest absolute Gasteiger partial charge is 0.347 e. The minimum Gasteiger partial charge on any atom is -0.431 e. The topological polar surface area (TPSA) is 102 Å². The first-order chi connectivity index (χ1) is 13.9. The van der Waals surface area contributed by atoms with E-state index in [1.807, 2.05) is 0 Å². The van der Waals surface area contributed by atoms with Crippen LogP contribution in [0.1, 0.15) is 12.5 Å². The number of anilines is 1. The maximum Gasteiger partial charge on any atom is 0.347 e. The quantitative estimate of drug-likeness (QED) is 0.253. The molecule has 148 valence electrons. The standard InChI is InChI=1S/C18H14FN5O3S2/c1-11(22-23-17(28)21-15-5-3-2-4-14(15)19)12-6-8-13(9-7-12)27-18-20-10-16(29-18)24(25)26/h2-10H,1H3,(H2,21,23,28)/b22-11+. The van der Waals surface area contributed by atoms with Crippen LogP contribution in [0.5, 0.6) is 10.9 Å². The van der Waals surface area contributed by atoms with Gasteiger partial charge in [-0.3, -0.25) is 15.5 Å². The van der Waals surface area contributed by atoms with Crippen molar-refractivity contribution in [2.75, 3.05) is 5.32 Å². The third-order valence-electron chi connectivity index (χ3n) is 3.58. The average Bonchev–Trinajstić information content (AvgIpc) is 3.17. The molecular formula is C18H14FN5O3S2. The van der Waals surface area contributed by atoms with Gasteiger partial charge >= 0.3 is 5.00 Å². The van der Waals surface area contributed by atoms with Crippen molar-refractivity contribution in [3.8, 4) is 10.9 Å². The van der Waals surface area contributed by atoms with Gasteiger partial charge in [-0.1, -0.05) is 12.1 Å². The van der Waals surface area contributed by atoms with Crippen molar-refractivity contribution in [2.45, 2.75) is 6.92 Å². The molecule has 1 heterocycles. The second-order valence-corrected chi connectivity index (χ2v) is 6.97. The molecule has 2 aromatic carbocycles. The first-order valence-corrected chi connectivity index (χ1v) is 9.39. The van der Waals surface area contributed by atoms with Crippen molar-refractivity contribution in [1.29, 1.82) is 0 Å². The molecular weight excluding hydrogens is 417 g/mol. The van der Waals surface area contributed by atoms with Crippen molar-refractivity contribution >= 4 is 45.1 Å². The SMILES string of the molecule is C/C(=N\NC(=S)Nc1ccccc1F)c1ccc(Oc2ncc([N+](=O)[O-])s2)cc1. The molecule has 0 atom stereocenters. The summed E-state index contributed by atoms with van der Waals surface area (Å²) in [6, 6.07) is 13.1. The van der Waals surface area contributed by atoms with Gasteiger partial charge in [-0.25, -0.2) is 9.37 Å². The second kappa shape index (κ2) is 9.17. The Bertz CT molecular complexity index is 1070. The lowest BCUT2D eigenvalue weighted by molar-refractivity contribution is -0.380. The molecule has 0 spiro atoms. The van der Waals surface area contributed by atoms with E-state index >= 15 is 0 Å². The number of halogens is 1.